The quantitative estimate of drug-likeness (QED) is 0.0261. The largest absolute Gasteiger partial charge is 0.462 e. The summed E-state index contributed by atoms with van der Waals surface area (Å²) in [6, 6.07) is 0. The fourth-order valence-corrected chi connectivity index (χ4v) is 8.99. The van der Waals surface area contributed by atoms with Crippen molar-refractivity contribution >= 4 is 17.9 Å². The second kappa shape index (κ2) is 64.6. The Morgan fingerprint density at radius 2 is 0.506 bits per heavy atom. The maximum Gasteiger partial charge on any atom is 0.306 e. The highest BCUT2D eigenvalue weighted by molar-refractivity contribution is 5.71. The van der Waals surface area contributed by atoms with Crippen molar-refractivity contribution in [2.24, 2.45) is 0 Å². The van der Waals surface area contributed by atoms with Crippen LogP contribution in [0.3, 0.4) is 0 Å². The van der Waals surface area contributed by atoms with Gasteiger partial charge in [0.1, 0.15) is 13.2 Å². The topological polar surface area (TPSA) is 78.9 Å². The second-order valence-electron chi connectivity index (χ2n) is 21.3. The van der Waals surface area contributed by atoms with Crippen molar-refractivity contribution in [1.29, 1.82) is 0 Å². The molecular formula is C71H120O6. The van der Waals surface area contributed by atoms with Gasteiger partial charge in [0.25, 0.3) is 0 Å². The van der Waals surface area contributed by atoms with Crippen LogP contribution >= 0.6 is 0 Å². The van der Waals surface area contributed by atoms with E-state index >= 15 is 0 Å². The van der Waals surface area contributed by atoms with E-state index in [0.29, 0.717) is 19.3 Å². The molecule has 0 radical (unpaired) electrons. The fraction of sp³-hybridized carbons (Fsp3) is 0.704. The number of allylic oxidation sites excluding steroid dienone is 18. The van der Waals surface area contributed by atoms with Crippen LogP contribution in [0.4, 0.5) is 0 Å². The molecule has 440 valence electrons. The summed E-state index contributed by atoms with van der Waals surface area (Å²) in [6.45, 7) is 6.35. The van der Waals surface area contributed by atoms with Crippen molar-refractivity contribution in [3.05, 3.63) is 109 Å². The number of carbonyl (C=O) groups is 3. The minimum absolute atomic E-state index is 0.0782. The van der Waals surface area contributed by atoms with Gasteiger partial charge in [-0.05, 0) is 103 Å². The molecule has 0 bridgehead atoms. The van der Waals surface area contributed by atoms with Gasteiger partial charge in [0.15, 0.2) is 6.10 Å². The molecule has 0 fully saturated rings. The Hall–Kier alpha value is -3.93. The van der Waals surface area contributed by atoms with Gasteiger partial charge in [0, 0.05) is 19.3 Å². The van der Waals surface area contributed by atoms with Gasteiger partial charge < -0.3 is 14.2 Å². The summed E-state index contributed by atoms with van der Waals surface area (Å²) in [7, 11) is 0. The molecule has 0 heterocycles. The zero-order valence-electron chi connectivity index (χ0n) is 50.4. The first-order valence-corrected chi connectivity index (χ1v) is 32.4. The van der Waals surface area contributed by atoms with Crippen molar-refractivity contribution in [2.75, 3.05) is 13.2 Å². The molecule has 0 saturated heterocycles. The van der Waals surface area contributed by atoms with Crippen molar-refractivity contribution in [2.45, 2.75) is 309 Å². The highest BCUT2D eigenvalue weighted by atomic mass is 16.6. The lowest BCUT2D eigenvalue weighted by Gasteiger charge is -2.18. The van der Waals surface area contributed by atoms with Gasteiger partial charge in [-0.15, -0.1) is 0 Å². The van der Waals surface area contributed by atoms with Crippen LogP contribution in [0.25, 0.3) is 0 Å². The molecule has 0 spiro atoms. The summed E-state index contributed by atoms with van der Waals surface area (Å²) in [4.78, 5) is 38.0. The molecule has 1 atom stereocenters. The van der Waals surface area contributed by atoms with E-state index in [1.54, 1.807) is 0 Å². The Labute approximate surface area is 476 Å². The SMILES string of the molecule is CC/C=C\C/C=C\C/C=C\C/C=C\C/C=C\CCCCCCCCCCCCCC(=O)OCC(COC(=O)CCCCCCC)OC(=O)CCCCCCCCCCCCCCCC/C=C\C/C=C\C/C=C\C/C=C\CC. The van der Waals surface area contributed by atoms with E-state index in [-0.39, 0.29) is 31.1 Å². The molecule has 0 aliphatic carbocycles. The van der Waals surface area contributed by atoms with Gasteiger partial charge in [0.2, 0.25) is 0 Å². The van der Waals surface area contributed by atoms with Crippen molar-refractivity contribution < 1.29 is 28.6 Å². The summed E-state index contributed by atoms with van der Waals surface area (Å²) in [5.41, 5.74) is 0. The lowest BCUT2D eigenvalue weighted by Crippen LogP contribution is -2.30. The predicted octanol–water partition coefficient (Wildman–Crippen LogP) is 22.2. The standard InChI is InChI=1S/C71H120O6/c1-4-7-10-13-15-17-19-21-23-25-27-29-31-33-35-37-39-41-43-45-47-49-51-53-55-58-61-64-70(73)76-67-68(66-75-69(72)63-60-57-12-9-6-3)77-71(74)65-62-59-56-54-52-50-48-46-44-42-40-38-36-34-32-30-28-26-24-22-20-18-16-14-11-8-5-2/h7-8,10-11,15-18,21-24,27-30,33,35,68H,4-6,9,12-14,19-20,25-26,31-32,34,36-67H2,1-3H3/b10-7-,11-8-,17-15-,18-16-,23-21-,24-22-,29-27-,30-28-,35-33-. The van der Waals surface area contributed by atoms with E-state index in [1.165, 1.54) is 141 Å². The Kier molecular flexibility index (Phi) is 61.3. The smallest absolute Gasteiger partial charge is 0.306 e. The number of ether oxygens (including phenoxy) is 3. The monoisotopic (exact) mass is 1070 g/mol. The molecule has 0 aromatic heterocycles. The molecule has 0 aliphatic heterocycles. The number of esters is 3. The van der Waals surface area contributed by atoms with Gasteiger partial charge in [-0.1, -0.05) is 291 Å². The van der Waals surface area contributed by atoms with E-state index in [0.717, 1.165) is 122 Å². The number of unbranched alkanes of at least 4 members (excludes halogenated alkanes) is 29. The minimum Gasteiger partial charge on any atom is -0.462 e. The molecule has 0 aliphatic rings. The summed E-state index contributed by atoms with van der Waals surface area (Å²) in [6.07, 6.45) is 88.6. The van der Waals surface area contributed by atoms with E-state index in [4.69, 9.17) is 14.2 Å². The molecule has 1 unspecified atom stereocenters. The number of carbonyl (C=O) groups excluding carboxylic acids is 3. The van der Waals surface area contributed by atoms with Gasteiger partial charge in [0.05, 0.1) is 0 Å². The molecular weight excluding hydrogens is 949 g/mol. The molecule has 0 N–H and O–H groups in total. The van der Waals surface area contributed by atoms with Crippen LogP contribution in [0.15, 0.2) is 109 Å². The molecule has 77 heavy (non-hydrogen) atoms. The summed E-state index contributed by atoms with van der Waals surface area (Å²) in [5.74, 6) is -0.888. The molecule has 0 saturated carbocycles. The third kappa shape index (κ3) is 62.8. The van der Waals surface area contributed by atoms with Crippen LogP contribution < -0.4 is 0 Å². The lowest BCUT2D eigenvalue weighted by atomic mass is 10.0. The molecule has 6 nitrogen and oxygen atoms in total. The molecule has 0 aromatic carbocycles. The third-order valence-electron chi connectivity index (χ3n) is 13.8. The van der Waals surface area contributed by atoms with Gasteiger partial charge in [-0.25, -0.2) is 0 Å². The molecule has 0 aromatic rings. The highest BCUT2D eigenvalue weighted by Gasteiger charge is 2.19. The molecule has 6 heteroatoms. The Balaban J connectivity index is 4.04. The van der Waals surface area contributed by atoms with E-state index in [1.807, 2.05) is 0 Å². The molecule has 0 amide bonds. The second-order valence-corrected chi connectivity index (χ2v) is 21.3. The summed E-state index contributed by atoms with van der Waals surface area (Å²) < 4.78 is 16.8. The Morgan fingerprint density at radius 1 is 0.273 bits per heavy atom. The van der Waals surface area contributed by atoms with E-state index < -0.39 is 6.10 Å². The third-order valence-corrected chi connectivity index (χ3v) is 13.8. The first-order chi connectivity index (χ1) is 38.0. The van der Waals surface area contributed by atoms with Gasteiger partial charge in [-0.2, -0.15) is 0 Å². The zero-order valence-corrected chi connectivity index (χ0v) is 50.4. The summed E-state index contributed by atoms with van der Waals surface area (Å²) in [5, 5.41) is 0. The average Bonchev–Trinajstić information content (AvgIpc) is 3.43. The van der Waals surface area contributed by atoms with E-state index in [9.17, 15) is 14.4 Å². The van der Waals surface area contributed by atoms with Crippen molar-refractivity contribution in [3.8, 4) is 0 Å². The van der Waals surface area contributed by atoms with Crippen LogP contribution in [0.1, 0.15) is 303 Å². The van der Waals surface area contributed by atoms with E-state index in [2.05, 4.69) is 130 Å². The van der Waals surface area contributed by atoms with Crippen LogP contribution in [0.2, 0.25) is 0 Å². The van der Waals surface area contributed by atoms with Crippen molar-refractivity contribution in [3.63, 3.8) is 0 Å². The maximum atomic E-state index is 12.8. The first kappa shape index (κ1) is 73.1. The van der Waals surface area contributed by atoms with Crippen LogP contribution in [0.5, 0.6) is 0 Å². The molecule has 0 rings (SSSR count). The van der Waals surface area contributed by atoms with Gasteiger partial charge >= 0.3 is 17.9 Å². The lowest BCUT2D eigenvalue weighted by molar-refractivity contribution is -0.167. The number of rotatable bonds is 58. The van der Waals surface area contributed by atoms with Gasteiger partial charge in [-0.3, -0.25) is 14.4 Å². The average molecular weight is 1070 g/mol. The first-order valence-electron chi connectivity index (χ1n) is 32.4. The van der Waals surface area contributed by atoms with Crippen LogP contribution in [0, 0.1) is 0 Å². The van der Waals surface area contributed by atoms with Crippen molar-refractivity contribution in [1.82, 2.24) is 0 Å². The summed E-state index contributed by atoms with van der Waals surface area (Å²) >= 11 is 0. The predicted molar refractivity (Wildman–Crippen MR) is 334 cm³/mol. The highest BCUT2D eigenvalue weighted by Crippen LogP contribution is 2.17. The maximum absolute atomic E-state index is 12.8. The number of hydrogen-bond acceptors (Lipinski definition) is 6. The van der Waals surface area contributed by atoms with Crippen LogP contribution in [-0.4, -0.2) is 37.2 Å². The Morgan fingerprint density at radius 3 is 0.792 bits per heavy atom. The fourth-order valence-electron chi connectivity index (χ4n) is 8.99. The minimum atomic E-state index is -0.777. The number of hydrogen-bond donors (Lipinski definition) is 0. The van der Waals surface area contributed by atoms with Crippen LogP contribution in [-0.2, 0) is 28.6 Å². The Bertz CT molecular complexity index is 1560. The zero-order chi connectivity index (χ0) is 55.7. The normalized spacial score (nSPS) is 12.8.